The number of anilines is 2. The summed E-state index contributed by atoms with van der Waals surface area (Å²) in [6, 6.07) is 11.1. The summed E-state index contributed by atoms with van der Waals surface area (Å²) >= 11 is 0. The summed E-state index contributed by atoms with van der Waals surface area (Å²) in [6.45, 7) is 1.58. The summed E-state index contributed by atoms with van der Waals surface area (Å²) in [7, 11) is 0. The molecule has 8 heteroatoms. The van der Waals surface area contributed by atoms with Crippen molar-refractivity contribution in [2.24, 2.45) is 0 Å². The molecule has 3 aromatic rings. The Morgan fingerprint density at radius 2 is 2.14 bits per heavy atom. The van der Waals surface area contributed by atoms with Crippen LogP contribution in [0.25, 0.3) is 5.70 Å². The van der Waals surface area contributed by atoms with Crippen molar-refractivity contribution in [2.75, 3.05) is 17.2 Å². The number of amides is 1. The highest BCUT2D eigenvalue weighted by molar-refractivity contribution is 5.89. The van der Waals surface area contributed by atoms with Gasteiger partial charge in [0.15, 0.2) is 5.82 Å². The normalized spacial score (nSPS) is 15.5. The third-order valence-electron chi connectivity index (χ3n) is 4.42. The van der Waals surface area contributed by atoms with Crippen molar-refractivity contribution < 1.29 is 14.3 Å². The number of hydrogen-bond acceptors (Lipinski definition) is 6. The minimum absolute atomic E-state index is 0.100. The Morgan fingerprint density at radius 3 is 2.82 bits per heavy atom. The van der Waals surface area contributed by atoms with Gasteiger partial charge in [0.1, 0.15) is 11.8 Å². The first kappa shape index (κ1) is 18.0. The molecule has 1 aliphatic rings. The fourth-order valence-corrected chi connectivity index (χ4v) is 3.15. The van der Waals surface area contributed by atoms with Gasteiger partial charge in [-0.1, -0.05) is 12.1 Å². The average molecular weight is 379 g/mol. The van der Waals surface area contributed by atoms with Gasteiger partial charge in [0, 0.05) is 31.3 Å². The van der Waals surface area contributed by atoms with Crippen LogP contribution in [0.4, 0.5) is 11.6 Å². The third kappa shape index (κ3) is 3.67. The molecule has 4 rings (SSSR count). The van der Waals surface area contributed by atoms with Crippen LogP contribution in [0.15, 0.2) is 53.2 Å². The van der Waals surface area contributed by atoms with E-state index in [0.717, 1.165) is 22.7 Å². The van der Waals surface area contributed by atoms with Gasteiger partial charge < -0.3 is 20.2 Å². The van der Waals surface area contributed by atoms with Crippen LogP contribution in [-0.4, -0.2) is 32.4 Å². The second-order valence-corrected chi connectivity index (χ2v) is 6.55. The Bertz CT molecular complexity index is 990. The summed E-state index contributed by atoms with van der Waals surface area (Å²) in [5.41, 5.74) is 2.57. The molecule has 0 radical (unpaired) electrons. The van der Waals surface area contributed by atoms with E-state index in [4.69, 9.17) is 9.52 Å². The predicted molar refractivity (Wildman–Crippen MR) is 105 cm³/mol. The largest absolute Gasteiger partial charge is 0.467 e. The van der Waals surface area contributed by atoms with Gasteiger partial charge in [0.2, 0.25) is 11.9 Å². The second-order valence-electron chi connectivity index (χ2n) is 6.55. The topological polar surface area (TPSA) is 105 Å². The number of carbonyl (C=O) groups is 1. The van der Waals surface area contributed by atoms with Gasteiger partial charge in [-0.2, -0.15) is 10.1 Å². The Kier molecular flexibility index (Phi) is 4.94. The monoisotopic (exact) mass is 379 g/mol. The molecule has 8 nitrogen and oxygen atoms in total. The number of hydrogen-bond donors (Lipinski definition) is 3. The first-order valence-electron chi connectivity index (χ1n) is 9.10. The Hall–Kier alpha value is -3.39. The number of nitrogens with one attached hydrogen (secondary N) is 2. The number of nitrogens with zero attached hydrogens (tertiary/aromatic N) is 3. The Labute approximate surface area is 161 Å². The van der Waals surface area contributed by atoms with E-state index in [9.17, 15) is 4.79 Å². The third-order valence-corrected chi connectivity index (χ3v) is 4.42. The van der Waals surface area contributed by atoms with Crippen molar-refractivity contribution in [3.8, 4) is 0 Å². The van der Waals surface area contributed by atoms with Crippen molar-refractivity contribution in [1.82, 2.24) is 14.8 Å². The molecule has 144 valence electrons. The molecule has 2 aromatic heterocycles. The van der Waals surface area contributed by atoms with Crippen LogP contribution in [0.3, 0.4) is 0 Å². The zero-order chi connectivity index (χ0) is 19.5. The molecule has 0 aliphatic carbocycles. The van der Waals surface area contributed by atoms with Crippen LogP contribution >= 0.6 is 0 Å². The van der Waals surface area contributed by atoms with Crippen LogP contribution in [0, 0.1) is 0 Å². The maximum atomic E-state index is 11.2. The number of aromatic nitrogens is 3. The number of rotatable bonds is 6. The second kappa shape index (κ2) is 7.69. The maximum Gasteiger partial charge on any atom is 0.226 e. The van der Waals surface area contributed by atoms with Crippen LogP contribution in [0.5, 0.6) is 0 Å². The summed E-state index contributed by atoms with van der Waals surface area (Å²) in [4.78, 5) is 15.8. The molecule has 0 saturated carbocycles. The van der Waals surface area contributed by atoms with E-state index in [2.05, 4.69) is 20.7 Å². The molecule has 0 fully saturated rings. The van der Waals surface area contributed by atoms with E-state index in [-0.39, 0.29) is 18.6 Å². The number of fused-ring (bicyclic) bond motifs is 1. The summed E-state index contributed by atoms with van der Waals surface area (Å²) in [6.07, 6.45) is 4.88. The molecule has 1 aliphatic heterocycles. The van der Waals surface area contributed by atoms with Gasteiger partial charge in [0.25, 0.3) is 0 Å². The van der Waals surface area contributed by atoms with Crippen molar-refractivity contribution in [3.05, 3.63) is 65.9 Å². The zero-order valence-corrected chi connectivity index (χ0v) is 15.4. The predicted octanol–water partition coefficient (Wildman–Crippen LogP) is 2.81. The van der Waals surface area contributed by atoms with Gasteiger partial charge >= 0.3 is 0 Å². The van der Waals surface area contributed by atoms with E-state index in [1.165, 1.54) is 6.92 Å². The molecule has 0 bridgehead atoms. The van der Waals surface area contributed by atoms with E-state index < -0.39 is 0 Å². The van der Waals surface area contributed by atoms with Gasteiger partial charge in [0.05, 0.1) is 6.26 Å². The average Bonchev–Trinajstić information content (AvgIpc) is 3.35. The highest BCUT2D eigenvalue weighted by Gasteiger charge is 2.26. The number of benzene rings is 1. The number of carbonyl (C=O) groups excluding carboxylic acids is 1. The molecule has 1 aromatic carbocycles. The first-order valence-corrected chi connectivity index (χ1v) is 9.10. The molecular weight excluding hydrogens is 358 g/mol. The van der Waals surface area contributed by atoms with Gasteiger partial charge in [-0.15, -0.1) is 0 Å². The van der Waals surface area contributed by atoms with Crippen LogP contribution in [0.1, 0.15) is 36.5 Å². The Morgan fingerprint density at radius 1 is 1.32 bits per heavy atom. The lowest BCUT2D eigenvalue weighted by Crippen LogP contribution is -2.20. The lowest BCUT2D eigenvalue weighted by Gasteiger charge is -2.22. The van der Waals surface area contributed by atoms with Crippen molar-refractivity contribution in [2.45, 2.75) is 25.8 Å². The molecule has 28 heavy (non-hydrogen) atoms. The van der Waals surface area contributed by atoms with Gasteiger partial charge in [-0.3, -0.25) is 4.79 Å². The zero-order valence-electron chi connectivity index (χ0n) is 15.4. The van der Waals surface area contributed by atoms with E-state index in [1.807, 2.05) is 42.5 Å². The molecule has 0 spiro atoms. The minimum Gasteiger partial charge on any atom is -0.467 e. The molecule has 3 heterocycles. The van der Waals surface area contributed by atoms with Gasteiger partial charge in [-0.05, 0) is 42.3 Å². The molecule has 0 saturated heterocycles. The van der Waals surface area contributed by atoms with E-state index in [0.29, 0.717) is 24.6 Å². The van der Waals surface area contributed by atoms with E-state index in [1.54, 1.807) is 10.9 Å². The number of furan rings is 1. The van der Waals surface area contributed by atoms with Crippen molar-refractivity contribution >= 4 is 23.2 Å². The summed E-state index contributed by atoms with van der Waals surface area (Å²) in [5.74, 6) is 1.94. The fourth-order valence-electron chi connectivity index (χ4n) is 3.15. The summed E-state index contributed by atoms with van der Waals surface area (Å²) in [5, 5.41) is 19.7. The number of allylic oxidation sites excluding steroid dienone is 1. The summed E-state index contributed by atoms with van der Waals surface area (Å²) < 4.78 is 7.41. The fraction of sp³-hybridized carbons (Fsp3) is 0.250. The SMILES string of the molecule is CC(=O)Nc1ccc(C2=C[C@@H](c3ccco3)n3nc(CCCO)nc3N2)cc1. The lowest BCUT2D eigenvalue weighted by atomic mass is 10.1. The molecule has 1 amide bonds. The quantitative estimate of drug-likeness (QED) is 0.608. The molecule has 3 N–H and O–H groups in total. The van der Waals surface area contributed by atoms with E-state index >= 15 is 0 Å². The van der Waals surface area contributed by atoms with Crippen LogP contribution in [0.2, 0.25) is 0 Å². The molecule has 1 atom stereocenters. The number of aryl methyl sites for hydroxylation is 1. The highest BCUT2D eigenvalue weighted by Crippen LogP contribution is 2.33. The maximum absolute atomic E-state index is 11.2. The standard InChI is InChI=1S/C20H21N5O3/c1-13(27)21-15-8-6-14(7-9-15)16-12-17(18-4-3-11-28-18)25-20(22-16)23-19(24-25)5-2-10-26/h3-4,6-9,11-12,17,26H,2,5,10H2,1H3,(H,21,27)(H,22,23,24)/t17-/m0/s1. The number of aliphatic hydroxyl groups is 1. The van der Waals surface area contributed by atoms with Crippen LogP contribution < -0.4 is 10.6 Å². The van der Waals surface area contributed by atoms with Crippen molar-refractivity contribution in [3.63, 3.8) is 0 Å². The van der Waals surface area contributed by atoms with Crippen molar-refractivity contribution in [1.29, 1.82) is 0 Å². The highest BCUT2D eigenvalue weighted by atomic mass is 16.3. The smallest absolute Gasteiger partial charge is 0.226 e. The molecular formula is C20H21N5O3. The number of aliphatic hydroxyl groups excluding tert-OH is 1. The Balaban J connectivity index is 1.67. The lowest BCUT2D eigenvalue weighted by molar-refractivity contribution is -0.114. The van der Waals surface area contributed by atoms with Crippen LogP contribution in [-0.2, 0) is 11.2 Å². The minimum atomic E-state index is -0.230. The first-order chi connectivity index (χ1) is 13.6. The van der Waals surface area contributed by atoms with Gasteiger partial charge in [-0.25, -0.2) is 4.68 Å². The molecule has 0 unspecified atom stereocenters.